The highest BCUT2D eigenvalue weighted by molar-refractivity contribution is 9.08. The topological polar surface area (TPSA) is 18.5 Å². The molecule has 3 rings (SSSR count). The molecule has 0 radical (unpaired) electrons. The number of fused-ring (bicyclic) bond motifs is 1. The minimum atomic E-state index is -0.252. The Morgan fingerprint density at radius 1 is 1.05 bits per heavy atom. The van der Waals surface area contributed by atoms with Crippen LogP contribution in [0.15, 0.2) is 36.4 Å². The Hall–Kier alpha value is -0.900. The van der Waals surface area contributed by atoms with E-state index in [9.17, 15) is 0 Å². The summed E-state index contributed by atoms with van der Waals surface area (Å²) in [6, 6.07) is 12.7. The fraction of sp³-hybridized carbons (Fsp3) is 0.412. The Balaban J connectivity index is 2.01. The molecule has 1 aliphatic heterocycles. The number of hydrogen-bond acceptors (Lipinski definition) is 2. The van der Waals surface area contributed by atoms with E-state index in [0.29, 0.717) is 0 Å². The van der Waals surface area contributed by atoms with Crippen molar-refractivity contribution in [2.45, 2.75) is 25.5 Å². The number of benzene rings is 2. The van der Waals surface area contributed by atoms with Crippen LogP contribution in [0.5, 0.6) is 0 Å². The van der Waals surface area contributed by atoms with Gasteiger partial charge < -0.3 is 9.47 Å². The average Bonchev–Trinajstić information content (AvgIpc) is 2.46. The Morgan fingerprint density at radius 2 is 1.70 bits per heavy atom. The van der Waals surface area contributed by atoms with E-state index in [1.807, 2.05) is 0 Å². The van der Waals surface area contributed by atoms with Crippen LogP contribution >= 0.6 is 15.9 Å². The zero-order chi connectivity index (χ0) is 14.2. The van der Waals surface area contributed by atoms with E-state index < -0.39 is 0 Å². The molecule has 0 bridgehead atoms. The zero-order valence-electron chi connectivity index (χ0n) is 11.9. The molecule has 3 heteroatoms. The molecular weight excluding hydrogens is 316 g/mol. The maximum Gasteiger partial charge on any atom is 0.184 e. The first-order valence-electron chi connectivity index (χ1n) is 6.90. The summed E-state index contributed by atoms with van der Waals surface area (Å²) in [4.78, 5) is 0. The van der Waals surface area contributed by atoms with Crippen LogP contribution in [-0.4, -0.2) is 13.2 Å². The van der Waals surface area contributed by atoms with Gasteiger partial charge in [-0.3, -0.25) is 0 Å². The largest absolute Gasteiger partial charge is 0.348 e. The van der Waals surface area contributed by atoms with E-state index in [2.05, 4.69) is 66.2 Å². The SMILES string of the molecule is CC1(C)COC(c2ccc(CBr)c3ccccc23)OC1. The van der Waals surface area contributed by atoms with Crippen LogP contribution in [0.2, 0.25) is 0 Å². The first-order chi connectivity index (χ1) is 9.61. The number of ether oxygens (including phenoxy) is 2. The minimum Gasteiger partial charge on any atom is -0.348 e. The second-order valence-electron chi connectivity index (χ2n) is 6.11. The summed E-state index contributed by atoms with van der Waals surface area (Å²) in [5, 5.41) is 3.33. The zero-order valence-corrected chi connectivity index (χ0v) is 13.4. The van der Waals surface area contributed by atoms with Crippen LogP contribution in [0.1, 0.15) is 31.3 Å². The van der Waals surface area contributed by atoms with Gasteiger partial charge in [0.1, 0.15) is 0 Å². The lowest BCUT2D eigenvalue weighted by molar-refractivity contribution is -0.225. The van der Waals surface area contributed by atoms with Gasteiger partial charge in [0, 0.05) is 16.3 Å². The average molecular weight is 335 g/mol. The summed E-state index contributed by atoms with van der Waals surface area (Å²) in [5.41, 5.74) is 2.52. The van der Waals surface area contributed by atoms with Gasteiger partial charge in [0.2, 0.25) is 0 Å². The third-order valence-electron chi connectivity index (χ3n) is 3.70. The molecule has 2 aromatic carbocycles. The van der Waals surface area contributed by atoms with E-state index in [-0.39, 0.29) is 11.7 Å². The van der Waals surface area contributed by atoms with Crippen LogP contribution in [0, 0.1) is 5.41 Å². The lowest BCUT2D eigenvalue weighted by Gasteiger charge is -2.35. The number of halogens is 1. The molecule has 0 unspecified atom stereocenters. The van der Waals surface area contributed by atoms with Gasteiger partial charge in [0.15, 0.2) is 6.29 Å². The van der Waals surface area contributed by atoms with Crippen molar-refractivity contribution in [3.05, 3.63) is 47.5 Å². The molecule has 2 aromatic rings. The van der Waals surface area contributed by atoms with Crippen molar-refractivity contribution in [2.75, 3.05) is 13.2 Å². The van der Waals surface area contributed by atoms with E-state index >= 15 is 0 Å². The molecule has 0 spiro atoms. The molecule has 0 atom stereocenters. The van der Waals surface area contributed by atoms with E-state index in [1.54, 1.807) is 0 Å². The fourth-order valence-corrected chi connectivity index (χ4v) is 3.07. The Bertz CT molecular complexity index is 611. The molecule has 0 amide bonds. The molecule has 0 saturated carbocycles. The molecule has 1 fully saturated rings. The molecule has 1 aliphatic rings. The summed E-state index contributed by atoms with van der Waals surface area (Å²) in [5.74, 6) is 0. The quantitative estimate of drug-likeness (QED) is 0.734. The minimum absolute atomic E-state index is 0.0993. The summed E-state index contributed by atoms with van der Waals surface area (Å²) >= 11 is 3.55. The van der Waals surface area contributed by atoms with Gasteiger partial charge in [-0.05, 0) is 16.3 Å². The van der Waals surface area contributed by atoms with E-state index in [1.165, 1.54) is 16.3 Å². The van der Waals surface area contributed by atoms with Crippen LogP contribution < -0.4 is 0 Å². The molecule has 20 heavy (non-hydrogen) atoms. The molecule has 0 aromatic heterocycles. The van der Waals surface area contributed by atoms with Gasteiger partial charge in [-0.25, -0.2) is 0 Å². The van der Waals surface area contributed by atoms with Crippen molar-refractivity contribution >= 4 is 26.7 Å². The van der Waals surface area contributed by atoms with Crippen LogP contribution in [0.3, 0.4) is 0 Å². The second kappa shape index (κ2) is 5.47. The summed E-state index contributed by atoms with van der Waals surface area (Å²) in [6.07, 6.45) is -0.252. The molecule has 2 nitrogen and oxygen atoms in total. The van der Waals surface area contributed by atoms with Crippen LogP contribution in [0.25, 0.3) is 10.8 Å². The van der Waals surface area contributed by atoms with E-state index in [0.717, 1.165) is 24.1 Å². The summed E-state index contributed by atoms with van der Waals surface area (Å²) < 4.78 is 11.9. The number of rotatable bonds is 2. The van der Waals surface area contributed by atoms with Gasteiger partial charge >= 0.3 is 0 Å². The highest BCUT2D eigenvalue weighted by Crippen LogP contribution is 2.35. The third-order valence-corrected chi connectivity index (χ3v) is 4.30. The third kappa shape index (κ3) is 2.62. The Morgan fingerprint density at radius 3 is 2.35 bits per heavy atom. The maximum atomic E-state index is 5.93. The van der Waals surface area contributed by atoms with Gasteiger partial charge in [-0.2, -0.15) is 0 Å². The monoisotopic (exact) mass is 334 g/mol. The second-order valence-corrected chi connectivity index (χ2v) is 6.67. The molecular formula is C17H19BrO2. The smallest absolute Gasteiger partial charge is 0.184 e. The maximum absolute atomic E-state index is 5.93. The normalized spacial score (nSPS) is 19.4. The Labute approximate surface area is 128 Å². The van der Waals surface area contributed by atoms with Gasteiger partial charge in [-0.1, -0.05) is 66.2 Å². The predicted molar refractivity (Wildman–Crippen MR) is 85.0 cm³/mol. The first kappa shape index (κ1) is 14.1. The van der Waals surface area contributed by atoms with Crippen molar-refractivity contribution in [3.63, 3.8) is 0 Å². The van der Waals surface area contributed by atoms with Crippen molar-refractivity contribution < 1.29 is 9.47 Å². The highest BCUT2D eigenvalue weighted by atomic mass is 79.9. The van der Waals surface area contributed by atoms with Crippen LogP contribution in [0.4, 0.5) is 0 Å². The fourth-order valence-electron chi connectivity index (χ4n) is 2.58. The molecule has 1 heterocycles. The van der Waals surface area contributed by atoms with Crippen molar-refractivity contribution in [1.82, 2.24) is 0 Å². The van der Waals surface area contributed by atoms with E-state index in [4.69, 9.17) is 9.47 Å². The predicted octanol–water partition coefficient (Wildman–Crippen LogP) is 4.81. The molecule has 0 N–H and O–H groups in total. The summed E-state index contributed by atoms with van der Waals surface area (Å²) in [6.45, 7) is 5.78. The van der Waals surface area contributed by atoms with Gasteiger partial charge in [0.05, 0.1) is 13.2 Å². The highest BCUT2D eigenvalue weighted by Gasteiger charge is 2.30. The van der Waals surface area contributed by atoms with Gasteiger partial charge in [-0.15, -0.1) is 0 Å². The standard InChI is InChI=1S/C17H19BrO2/c1-17(2)10-19-16(20-11-17)15-8-7-12(9-18)13-5-3-4-6-14(13)15/h3-8,16H,9-11H2,1-2H3. The van der Waals surface area contributed by atoms with Gasteiger partial charge in [0.25, 0.3) is 0 Å². The van der Waals surface area contributed by atoms with Crippen molar-refractivity contribution in [2.24, 2.45) is 5.41 Å². The first-order valence-corrected chi connectivity index (χ1v) is 8.02. The van der Waals surface area contributed by atoms with Crippen molar-refractivity contribution in [1.29, 1.82) is 0 Å². The molecule has 106 valence electrons. The molecule has 1 saturated heterocycles. The lowest BCUT2D eigenvalue weighted by Crippen LogP contribution is -2.33. The number of hydrogen-bond donors (Lipinski definition) is 0. The molecule has 0 aliphatic carbocycles. The Kier molecular flexibility index (Phi) is 3.85. The lowest BCUT2D eigenvalue weighted by atomic mass is 9.94. The number of alkyl halides is 1. The summed E-state index contributed by atoms with van der Waals surface area (Å²) in [7, 11) is 0. The van der Waals surface area contributed by atoms with Crippen LogP contribution in [-0.2, 0) is 14.8 Å². The van der Waals surface area contributed by atoms with Crippen molar-refractivity contribution in [3.8, 4) is 0 Å².